The van der Waals surface area contributed by atoms with Crippen LogP contribution >= 0.6 is 11.3 Å². The fourth-order valence-electron chi connectivity index (χ4n) is 2.08. The molecule has 0 radical (unpaired) electrons. The van der Waals surface area contributed by atoms with E-state index < -0.39 is 0 Å². The number of hydrogen-bond acceptors (Lipinski definition) is 4. The monoisotopic (exact) mass is 284 g/mol. The van der Waals surface area contributed by atoms with Gasteiger partial charge in [-0.15, -0.1) is 11.3 Å². The second kappa shape index (κ2) is 6.45. The predicted octanol–water partition coefficient (Wildman–Crippen LogP) is 2.87. The van der Waals surface area contributed by atoms with Crippen molar-refractivity contribution in [2.45, 2.75) is 13.0 Å². The summed E-state index contributed by atoms with van der Waals surface area (Å²) >= 11 is 1.80. The quantitative estimate of drug-likeness (QED) is 0.684. The van der Waals surface area contributed by atoms with Crippen LogP contribution < -0.4 is 5.32 Å². The van der Waals surface area contributed by atoms with Gasteiger partial charge in [-0.1, -0.05) is 36.4 Å². The molecule has 1 aromatic carbocycles. The number of hydrogen-bond donors (Lipinski definition) is 2. The van der Waals surface area contributed by atoms with E-state index in [1.165, 1.54) is 4.88 Å². The topological polar surface area (TPSA) is 53.6 Å². The van der Waals surface area contributed by atoms with Crippen LogP contribution in [0.5, 0.6) is 0 Å². The molecule has 0 unspecified atom stereocenters. The standard InChI is InChI=1S/C15H16N4S/c1-2-5-12(6-3-1)15-14(17-19-18-15)11-16-9-8-13-7-4-10-20-13/h1-7,10,16H,8-9,11H2,(H,17,18,19). The zero-order valence-electron chi connectivity index (χ0n) is 11.0. The van der Waals surface area contributed by atoms with E-state index in [4.69, 9.17) is 0 Å². The molecule has 0 fully saturated rings. The molecule has 3 rings (SSSR count). The lowest BCUT2D eigenvalue weighted by Gasteiger charge is -2.03. The molecule has 20 heavy (non-hydrogen) atoms. The highest BCUT2D eigenvalue weighted by Crippen LogP contribution is 2.18. The molecular formula is C15H16N4S. The van der Waals surface area contributed by atoms with Crippen molar-refractivity contribution >= 4 is 11.3 Å². The van der Waals surface area contributed by atoms with Gasteiger partial charge < -0.3 is 5.32 Å². The summed E-state index contributed by atoms with van der Waals surface area (Å²) in [6.07, 6.45) is 1.05. The maximum Gasteiger partial charge on any atom is 0.117 e. The van der Waals surface area contributed by atoms with Gasteiger partial charge in [-0.25, -0.2) is 0 Å². The third kappa shape index (κ3) is 3.12. The number of nitrogens with zero attached hydrogens (tertiary/aromatic N) is 2. The van der Waals surface area contributed by atoms with E-state index in [9.17, 15) is 0 Å². The molecule has 2 heterocycles. The molecule has 0 aliphatic rings. The molecule has 0 aliphatic carbocycles. The molecule has 0 aliphatic heterocycles. The van der Waals surface area contributed by atoms with E-state index in [-0.39, 0.29) is 0 Å². The van der Waals surface area contributed by atoms with Gasteiger partial charge in [0.25, 0.3) is 0 Å². The van der Waals surface area contributed by atoms with E-state index in [0.717, 1.165) is 36.5 Å². The van der Waals surface area contributed by atoms with Crippen molar-refractivity contribution in [2.75, 3.05) is 6.54 Å². The first-order valence-corrected chi connectivity index (χ1v) is 7.49. The van der Waals surface area contributed by atoms with Gasteiger partial charge in [-0.2, -0.15) is 15.4 Å². The molecule has 3 aromatic rings. The summed E-state index contributed by atoms with van der Waals surface area (Å²) in [4.78, 5) is 1.40. The van der Waals surface area contributed by atoms with Crippen molar-refractivity contribution in [3.05, 3.63) is 58.4 Å². The molecule has 0 bridgehead atoms. The molecule has 2 aromatic heterocycles. The van der Waals surface area contributed by atoms with E-state index in [0.29, 0.717) is 0 Å². The lowest BCUT2D eigenvalue weighted by molar-refractivity contribution is 0.676. The second-order valence-electron chi connectivity index (χ2n) is 4.49. The highest BCUT2D eigenvalue weighted by Gasteiger charge is 2.09. The lowest BCUT2D eigenvalue weighted by Crippen LogP contribution is -2.17. The highest BCUT2D eigenvalue weighted by atomic mass is 32.1. The molecule has 2 N–H and O–H groups in total. The third-order valence-electron chi connectivity index (χ3n) is 3.09. The molecule has 4 nitrogen and oxygen atoms in total. The van der Waals surface area contributed by atoms with Crippen molar-refractivity contribution in [3.63, 3.8) is 0 Å². The molecule has 102 valence electrons. The number of aromatic nitrogens is 3. The van der Waals surface area contributed by atoms with Crippen molar-refractivity contribution in [3.8, 4) is 11.3 Å². The van der Waals surface area contributed by atoms with E-state index in [1.807, 2.05) is 30.3 Å². The fraction of sp³-hybridized carbons (Fsp3) is 0.200. The summed E-state index contributed by atoms with van der Waals surface area (Å²) in [5.74, 6) is 0. The molecule has 0 saturated heterocycles. The van der Waals surface area contributed by atoms with Gasteiger partial charge >= 0.3 is 0 Å². The Kier molecular flexibility index (Phi) is 4.20. The number of rotatable bonds is 6. The SMILES string of the molecule is c1ccc(-c2n[nH]nc2CNCCc2cccs2)cc1. The molecule has 0 atom stereocenters. The van der Waals surface area contributed by atoms with Crippen molar-refractivity contribution < 1.29 is 0 Å². The van der Waals surface area contributed by atoms with E-state index in [2.05, 4.69) is 38.2 Å². The summed E-state index contributed by atoms with van der Waals surface area (Å²) in [5, 5.41) is 16.7. The normalized spacial score (nSPS) is 10.8. The Morgan fingerprint density at radius 2 is 1.95 bits per heavy atom. The minimum Gasteiger partial charge on any atom is -0.311 e. The molecule has 0 saturated carbocycles. The first-order valence-electron chi connectivity index (χ1n) is 6.61. The van der Waals surface area contributed by atoms with Crippen LogP contribution in [-0.2, 0) is 13.0 Å². The Labute approximate surface area is 121 Å². The van der Waals surface area contributed by atoms with Crippen LogP contribution in [0.4, 0.5) is 0 Å². The highest BCUT2D eigenvalue weighted by molar-refractivity contribution is 7.09. The number of nitrogens with one attached hydrogen (secondary N) is 2. The zero-order chi connectivity index (χ0) is 13.6. The number of aromatic amines is 1. The number of H-pyrrole nitrogens is 1. The Hall–Kier alpha value is -1.98. The molecule has 5 heteroatoms. The first-order chi connectivity index (χ1) is 9.93. The van der Waals surface area contributed by atoms with Crippen LogP contribution in [0.3, 0.4) is 0 Å². The van der Waals surface area contributed by atoms with Crippen LogP contribution in [0.15, 0.2) is 47.8 Å². The van der Waals surface area contributed by atoms with Gasteiger partial charge in [0.2, 0.25) is 0 Å². The van der Waals surface area contributed by atoms with Gasteiger partial charge in [-0.05, 0) is 17.9 Å². The van der Waals surface area contributed by atoms with Gasteiger partial charge in [0, 0.05) is 23.5 Å². The Bertz CT molecular complexity index is 631. The minimum atomic E-state index is 0.728. The average molecular weight is 284 g/mol. The summed E-state index contributed by atoms with van der Waals surface area (Å²) in [6.45, 7) is 1.67. The smallest absolute Gasteiger partial charge is 0.117 e. The van der Waals surface area contributed by atoms with Crippen molar-refractivity contribution in [1.82, 2.24) is 20.7 Å². The summed E-state index contributed by atoms with van der Waals surface area (Å²) in [6, 6.07) is 14.4. The second-order valence-corrected chi connectivity index (χ2v) is 5.52. The summed E-state index contributed by atoms with van der Waals surface area (Å²) < 4.78 is 0. The average Bonchev–Trinajstić information content (AvgIpc) is 3.16. The summed E-state index contributed by atoms with van der Waals surface area (Å²) in [5.41, 5.74) is 2.98. The Morgan fingerprint density at radius 1 is 1.05 bits per heavy atom. The Morgan fingerprint density at radius 3 is 2.75 bits per heavy atom. The fourth-order valence-corrected chi connectivity index (χ4v) is 2.79. The van der Waals surface area contributed by atoms with Crippen LogP contribution in [0.2, 0.25) is 0 Å². The van der Waals surface area contributed by atoms with Crippen molar-refractivity contribution in [1.29, 1.82) is 0 Å². The van der Waals surface area contributed by atoms with Gasteiger partial charge in [0.1, 0.15) is 11.4 Å². The summed E-state index contributed by atoms with van der Waals surface area (Å²) in [7, 11) is 0. The maximum absolute atomic E-state index is 4.24. The first kappa shape index (κ1) is 13.0. The minimum absolute atomic E-state index is 0.728. The van der Waals surface area contributed by atoms with Gasteiger partial charge in [-0.3, -0.25) is 0 Å². The van der Waals surface area contributed by atoms with Crippen LogP contribution in [-0.4, -0.2) is 22.0 Å². The van der Waals surface area contributed by atoms with Crippen molar-refractivity contribution in [2.24, 2.45) is 0 Å². The van der Waals surface area contributed by atoms with Crippen LogP contribution in [0, 0.1) is 0 Å². The zero-order valence-corrected chi connectivity index (χ0v) is 11.9. The van der Waals surface area contributed by atoms with Crippen LogP contribution in [0.1, 0.15) is 10.6 Å². The van der Waals surface area contributed by atoms with E-state index >= 15 is 0 Å². The molecular weight excluding hydrogens is 268 g/mol. The van der Waals surface area contributed by atoms with E-state index in [1.54, 1.807) is 11.3 Å². The molecule has 0 amide bonds. The third-order valence-corrected chi connectivity index (χ3v) is 4.02. The van der Waals surface area contributed by atoms with Gasteiger partial charge in [0.15, 0.2) is 0 Å². The van der Waals surface area contributed by atoms with Gasteiger partial charge in [0.05, 0.1) is 0 Å². The number of thiophene rings is 1. The number of benzene rings is 1. The predicted molar refractivity (Wildman–Crippen MR) is 81.5 cm³/mol. The Balaban J connectivity index is 1.57. The lowest BCUT2D eigenvalue weighted by atomic mass is 10.1. The maximum atomic E-state index is 4.24. The largest absolute Gasteiger partial charge is 0.311 e. The molecule has 0 spiro atoms. The van der Waals surface area contributed by atoms with Crippen LogP contribution in [0.25, 0.3) is 11.3 Å².